The fraction of sp³-hybridized carbons (Fsp3) is 0.263. The van der Waals surface area contributed by atoms with Gasteiger partial charge < -0.3 is 10.1 Å². The van der Waals surface area contributed by atoms with E-state index in [1.54, 1.807) is 37.3 Å². The van der Waals surface area contributed by atoms with Crippen LogP contribution in [0.3, 0.4) is 0 Å². The van der Waals surface area contributed by atoms with Crippen LogP contribution in [-0.2, 0) is 4.79 Å². The highest BCUT2D eigenvalue weighted by Crippen LogP contribution is 2.27. The lowest BCUT2D eigenvalue weighted by molar-refractivity contribution is -0.125. The molecule has 0 saturated heterocycles. The van der Waals surface area contributed by atoms with Gasteiger partial charge in [-0.3, -0.25) is 15.0 Å². The Hall–Kier alpha value is -2.44. The van der Waals surface area contributed by atoms with Crippen molar-refractivity contribution in [2.45, 2.75) is 25.9 Å². The maximum atomic E-state index is 12.6. The van der Waals surface area contributed by atoms with Crippen LogP contribution in [0.4, 0.5) is 5.69 Å². The molecule has 2 N–H and O–H groups in total. The van der Waals surface area contributed by atoms with Crippen molar-refractivity contribution in [2.24, 2.45) is 0 Å². The SMILES string of the molecule is CC1Nc2ccccc2C(=O)N1NC(=O)CCCOc1ccc(Cl)cc1Cl. The number of nitrogens with zero attached hydrogens (tertiary/aromatic N) is 1. The van der Waals surface area contributed by atoms with E-state index in [4.69, 9.17) is 27.9 Å². The van der Waals surface area contributed by atoms with Crippen LogP contribution >= 0.6 is 23.2 Å². The van der Waals surface area contributed by atoms with Crippen LogP contribution in [0.1, 0.15) is 30.1 Å². The predicted octanol–water partition coefficient (Wildman–Crippen LogP) is 4.10. The molecular weight excluding hydrogens is 389 g/mol. The lowest BCUT2D eigenvalue weighted by Gasteiger charge is -2.35. The fourth-order valence-electron chi connectivity index (χ4n) is 2.74. The molecule has 0 radical (unpaired) electrons. The molecule has 1 heterocycles. The van der Waals surface area contributed by atoms with Crippen molar-refractivity contribution in [3.63, 3.8) is 0 Å². The monoisotopic (exact) mass is 407 g/mol. The van der Waals surface area contributed by atoms with Crippen molar-refractivity contribution < 1.29 is 14.3 Å². The number of para-hydroxylation sites is 1. The van der Waals surface area contributed by atoms with Gasteiger partial charge in [-0.05, 0) is 43.7 Å². The van der Waals surface area contributed by atoms with E-state index in [9.17, 15) is 9.59 Å². The molecule has 1 aliphatic heterocycles. The number of anilines is 1. The highest BCUT2D eigenvalue weighted by molar-refractivity contribution is 6.35. The van der Waals surface area contributed by atoms with Gasteiger partial charge >= 0.3 is 0 Å². The Morgan fingerprint density at radius 1 is 1.26 bits per heavy atom. The molecule has 0 saturated carbocycles. The zero-order chi connectivity index (χ0) is 19.4. The number of halogens is 2. The molecule has 2 aromatic rings. The van der Waals surface area contributed by atoms with E-state index in [1.807, 2.05) is 12.1 Å². The van der Waals surface area contributed by atoms with E-state index < -0.39 is 0 Å². The molecule has 1 atom stereocenters. The topological polar surface area (TPSA) is 70.7 Å². The van der Waals surface area contributed by atoms with Gasteiger partial charge in [0.25, 0.3) is 5.91 Å². The van der Waals surface area contributed by atoms with Gasteiger partial charge in [0.1, 0.15) is 11.9 Å². The van der Waals surface area contributed by atoms with E-state index in [0.717, 1.165) is 5.69 Å². The molecule has 8 heteroatoms. The molecule has 6 nitrogen and oxygen atoms in total. The molecule has 1 aliphatic rings. The lowest BCUT2D eigenvalue weighted by atomic mass is 10.1. The van der Waals surface area contributed by atoms with Crippen molar-refractivity contribution in [1.82, 2.24) is 10.4 Å². The molecular formula is C19H19Cl2N3O3. The number of ether oxygens (including phenoxy) is 1. The van der Waals surface area contributed by atoms with E-state index >= 15 is 0 Å². The number of hydrazine groups is 1. The average Bonchev–Trinajstić information content (AvgIpc) is 2.63. The number of carbonyl (C=O) groups is 2. The minimum atomic E-state index is -0.347. The summed E-state index contributed by atoms with van der Waals surface area (Å²) in [6, 6.07) is 12.2. The maximum absolute atomic E-state index is 12.6. The number of hydrogen-bond acceptors (Lipinski definition) is 4. The summed E-state index contributed by atoms with van der Waals surface area (Å²) in [6.45, 7) is 2.12. The van der Waals surface area contributed by atoms with Gasteiger partial charge in [0.05, 0.1) is 17.2 Å². The predicted molar refractivity (Wildman–Crippen MR) is 105 cm³/mol. The van der Waals surface area contributed by atoms with Gasteiger partial charge in [-0.2, -0.15) is 0 Å². The van der Waals surface area contributed by atoms with Crippen LogP contribution in [0.2, 0.25) is 10.0 Å². The molecule has 0 aliphatic carbocycles. The summed E-state index contributed by atoms with van der Waals surface area (Å²) < 4.78 is 5.56. The minimum absolute atomic E-state index is 0.212. The van der Waals surface area contributed by atoms with Crippen molar-refractivity contribution in [3.05, 3.63) is 58.1 Å². The van der Waals surface area contributed by atoms with Crippen LogP contribution in [0.5, 0.6) is 5.75 Å². The fourth-order valence-corrected chi connectivity index (χ4v) is 3.20. The summed E-state index contributed by atoms with van der Waals surface area (Å²) in [6.07, 6.45) is 0.342. The van der Waals surface area contributed by atoms with Crippen molar-refractivity contribution in [3.8, 4) is 5.75 Å². The minimum Gasteiger partial charge on any atom is -0.492 e. The molecule has 0 aromatic heterocycles. The molecule has 0 fully saturated rings. The summed E-state index contributed by atoms with van der Waals surface area (Å²) in [7, 11) is 0. The van der Waals surface area contributed by atoms with Gasteiger partial charge in [0, 0.05) is 17.1 Å². The van der Waals surface area contributed by atoms with Crippen molar-refractivity contribution >= 4 is 40.7 Å². The number of carbonyl (C=O) groups excluding carboxylic acids is 2. The molecule has 1 unspecified atom stereocenters. The standard InChI is InChI=1S/C19H19Cl2N3O3/c1-12-22-16-6-3-2-5-14(16)19(26)24(12)23-18(25)7-4-10-27-17-9-8-13(20)11-15(17)21/h2-3,5-6,8-9,11-12,22H,4,7,10H2,1H3,(H,23,25). The maximum Gasteiger partial charge on any atom is 0.276 e. The molecule has 3 rings (SSSR count). The summed E-state index contributed by atoms with van der Waals surface area (Å²) in [4.78, 5) is 24.8. The zero-order valence-electron chi connectivity index (χ0n) is 14.7. The van der Waals surface area contributed by atoms with Crippen LogP contribution in [-0.4, -0.2) is 29.6 Å². The first-order valence-electron chi connectivity index (χ1n) is 8.52. The average molecular weight is 408 g/mol. The smallest absolute Gasteiger partial charge is 0.276 e. The molecule has 27 heavy (non-hydrogen) atoms. The Bertz CT molecular complexity index is 860. The number of nitrogens with one attached hydrogen (secondary N) is 2. The third kappa shape index (κ3) is 4.64. The zero-order valence-corrected chi connectivity index (χ0v) is 16.2. The summed E-state index contributed by atoms with van der Waals surface area (Å²) in [5.41, 5.74) is 3.94. The largest absolute Gasteiger partial charge is 0.492 e. The lowest BCUT2D eigenvalue weighted by Crippen LogP contribution is -2.56. The van der Waals surface area contributed by atoms with Crippen molar-refractivity contribution in [2.75, 3.05) is 11.9 Å². The van der Waals surface area contributed by atoms with Gasteiger partial charge in [-0.15, -0.1) is 0 Å². The molecule has 2 amide bonds. The Morgan fingerprint density at radius 3 is 2.81 bits per heavy atom. The van der Waals surface area contributed by atoms with Crippen molar-refractivity contribution in [1.29, 1.82) is 0 Å². The first-order chi connectivity index (χ1) is 13.0. The quantitative estimate of drug-likeness (QED) is 0.707. The number of hydrogen-bond donors (Lipinski definition) is 2. The van der Waals surface area contributed by atoms with Gasteiger partial charge in [-0.1, -0.05) is 35.3 Å². The number of fused-ring (bicyclic) bond motifs is 1. The Balaban J connectivity index is 1.49. The van der Waals surface area contributed by atoms with E-state index in [1.165, 1.54) is 5.01 Å². The third-order valence-electron chi connectivity index (χ3n) is 4.07. The first kappa shape index (κ1) is 19.3. The summed E-state index contributed by atoms with van der Waals surface area (Å²) in [5, 5.41) is 5.44. The normalized spacial score (nSPS) is 15.7. The molecule has 0 spiro atoms. The highest BCUT2D eigenvalue weighted by Gasteiger charge is 2.30. The number of amides is 2. The van der Waals surface area contributed by atoms with Gasteiger partial charge in [-0.25, -0.2) is 5.01 Å². The molecule has 142 valence electrons. The number of rotatable bonds is 6. The summed E-state index contributed by atoms with van der Waals surface area (Å²) >= 11 is 11.9. The second-order valence-corrected chi connectivity index (χ2v) is 6.95. The van der Waals surface area contributed by atoms with Crippen LogP contribution < -0.4 is 15.5 Å². The highest BCUT2D eigenvalue weighted by atomic mass is 35.5. The molecule has 0 bridgehead atoms. The van der Waals surface area contributed by atoms with E-state index in [-0.39, 0.29) is 24.4 Å². The van der Waals surface area contributed by atoms with E-state index in [0.29, 0.717) is 34.4 Å². The molecule has 2 aromatic carbocycles. The second kappa shape index (κ2) is 8.50. The Morgan fingerprint density at radius 2 is 2.04 bits per heavy atom. The third-order valence-corrected chi connectivity index (χ3v) is 4.60. The summed E-state index contributed by atoms with van der Waals surface area (Å²) in [5.74, 6) is 0.0127. The van der Waals surface area contributed by atoms with Crippen LogP contribution in [0.25, 0.3) is 0 Å². The van der Waals surface area contributed by atoms with Crippen LogP contribution in [0, 0.1) is 0 Å². The van der Waals surface area contributed by atoms with Crippen LogP contribution in [0.15, 0.2) is 42.5 Å². The van der Waals surface area contributed by atoms with E-state index in [2.05, 4.69) is 10.7 Å². The Kier molecular flexibility index (Phi) is 6.08. The second-order valence-electron chi connectivity index (χ2n) is 6.10. The van der Waals surface area contributed by atoms with Gasteiger partial charge in [0.15, 0.2) is 0 Å². The Labute approximate surface area is 167 Å². The number of benzene rings is 2. The first-order valence-corrected chi connectivity index (χ1v) is 9.28. The van der Waals surface area contributed by atoms with Gasteiger partial charge in [0.2, 0.25) is 5.91 Å².